The van der Waals surface area contributed by atoms with Gasteiger partial charge in [0.2, 0.25) is 6.79 Å². The van der Waals surface area contributed by atoms with Crippen molar-refractivity contribution >= 4 is 17.3 Å². The van der Waals surface area contributed by atoms with Crippen LogP contribution in [0.15, 0.2) is 28.4 Å². The third-order valence-electron chi connectivity index (χ3n) is 3.13. The molecule has 0 aliphatic carbocycles. The van der Waals surface area contributed by atoms with E-state index in [-0.39, 0.29) is 18.3 Å². The van der Waals surface area contributed by atoms with Crippen LogP contribution in [0.2, 0.25) is 0 Å². The average Bonchev–Trinajstić information content (AvgIpc) is 3.07. The van der Waals surface area contributed by atoms with Gasteiger partial charge in [-0.2, -0.15) is 0 Å². The first-order valence-corrected chi connectivity index (χ1v) is 7.25. The highest BCUT2D eigenvalue weighted by Crippen LogP contribution is 2.32. The van der Waals surface area contributed by atoms with Crippen molar-refractivity contribution in [1.82, 2.24) is 4.57 Å². The lowest BCUT2D eigenvalue weighted by molar-refractivity contribution is 0.0489. The molecule has 0 spiro atoms. The Morgan fingerprint density at radius 3 is 2.95 bits per heavy atom. The zero-order valence-corrected chi connectivity index (χ0v) is 12.1. The standard InChI is InChI=1S/C14H13NO5S/c1-9-7-21-14(17)15(9)4-5-18-13(16)10-2-3-11-12(6-10)20-8-19-11/h2-3,6-7H,4-5,8H2,1H3. The van der Waals surface area contributed by atoms with Gasteiger partial charge in [0.25, 0.3) is 0 Å². The summed E-state index contributed by atoms with van der Waals surface area (Å²) in [6.07, 6.45) is 0. The summed E-state index contributed by atoms with van der Waals surface area (Å²) in [4.78, 5) is 23.4. The van der Waals surface area contributed by atoms with Crippen molar-refractivity contribution in [3.63, 3.8) is 0 Å². The minimum absolute atomic E-state index is 0.0494. The molecule has 1 aliphatic rings. The van der Waals surface area contributed by atoms with E-state index in [4.69, 9.17) is 14.2 Å². The summed E-state index contributed by atoms with van der Waals surface area (Å²) in [5, 5.41) is 1.78. The van der Waals surface area contributed by atoms with Gasteiger partial charge in [-0.3, -0.25) is 9.36 Å². The minimum atomic E-state index is -0.450. The van der Waals surface area contributed by atoms with Gasteiger partial charge in [-0.1, -0.05) is 11.3 Å². The second-order valence-electron chi connectivity index (χ2n) is 4.50. The number of aryl methyl sites for hydroxylation is 1. The smallest absolute Gasteiger partial charge is 0.338 e. The molecule has 3 rings (SSSR count). The molecule has 0 saturated carbocycles. The van der Waals surface area contributed by atoms with Gasteiger partial charge in [0.15, 0.2) is 11.5 Å². The molecule has 21 heavy (non-hydrogen) atoms. The summed E-state index contributed by atoms with van der Waals surface area (Å²) < 4.78 is 17.2. The Balaban J connectivity index is 1.61. The van der Waals surface area contributed by atoms with Crippen molar-refractivity contribution in [1.29, 1.82) is 0 Å². The molecule has 0 atom stereocenters. The van der Waals surface area contributed by atoms with E-state index in [9.17, 15) is 9.59 Å². The van der Waals surface area contributed by atoms with E-state index in [1.165, 1.54) is 0 Å². The summed E-state index contributed by atoms with van der Waals surface area (Å²) in [7, 11) is 0. The maximum Gasteiger partial charge on any atom is 0.338 e. The summed E-state index contributed by atoms with van der Waals surface area (Å²) in [6.45, 7) is 2.50. The lowest BCUT2D eigenvalue weighted by Crippen LogP contribution is -2.19. The molecule has 1 aromatic carbocycles. The molecule has 1 aliphatic heterocycles. The normalized spacial score (nSPS) is 12.4. The molecule has 2 heterocycles. The van der Waals surface area contributed by atoms with E-state index < -0.39 is 5.97 Å². The average molecular weight is 307 g/mol. The van der Waals surface area contributed by atoms with Gasteiger partial charge in [0.05, 0.1) is 12.1 Å². The maximum atomic E-state index is 11.9. The van der Waals surface area contributed by atoms with E-state index in [0.717, 1.165) is 17.0 Å². The third kappa shape index (κ3) is 2.78. The van der Waals surface area contributed by atoms with E-state index in [2.05, 4.69) is 0 Å². The zero-order valence-electron chi connectivity index (χ0n) is 11.3. The maximum absolute atomic E-state index is 11.9. The largest absolute Gasteiger partial charge is 0.460 e. The number of thiazole rings is 1. The second kappa shape index (κ2) is 5.61. The van der Waals surface area contributed by atoms with Crippen LogP contribution in [0.3, 0.4) is 0 Å². The van der Waals surface area contributed by atoms with Gasteiger partial charge < -0.3 is 14.2 Å². The Labute approximate surface area is 124 Å². The Hall–Kier alpha value is -2.28. The van der Waals surface area contributed by atoms with Crippen molar-refractivity contribution in [2.75, 3.05) is 13.4 Å². The van der Waals surface area contributed by atoms with Crippen molar-refractivity contribution in [2.24, 2.45) is 0 Å². The number of aromatic nitrogens is 1. The number of nitrogens with zero attached hydrogens (tertiary/aromatic N) is 1. The molecule has 0 saturated heterocycles. The summed E-state index contributed by atoms with van der Waals surface area (Å²) in [6, 6.07) is 4.89. The van der Waals surface area contributed by atoms with Gasteiger partial charge in [-0.25, -0.2) is 4.79 Å². The quantitative estimate of drug-likeness (QED) is 0.806. The molecule has 2 aromatic rings. The van der Waals surface area contributed by atoms with Crippen LogP contribution in [0, 0.1) is 6.92 Å². The van der Waals surface area contributed by atoms with Gasteiger partial charge in [-0.05, 0) is 25.1 Å². The van der Waals surface area contributed by atoms with Gasteiger partial charge in [0, 0.05) is 11.1 Å². The zero-order chi connectivity index (χ0) is 14.8. The summed E-state index contributed by atoms with van der Waals surface area (Å²) >= 11 is 1.14. The molecule has 0 N–H and O–H groups in total. The molecule has 1 aromatic heterocycles. The van der Waals surface area contributed by atoms with Crippen LogP contribution in [0.1, 0.15) is 16.1 Å². The van der Waals surface area contributed by atoms with Crippen LogP contribution in [0.5, 0.6) is 11.5 Å². The number of carbonyl (C=O) groups is 1. The van der Waals surface area contributed by atoms with Crippen molar-refractivity contribution < 1.29 is 19.0 Å². The number of fused-ring (bicyclic) bond motifs is 1. The van der Waals surface area contributed by atoms with Crippen molar-refractivity contribution in [2.45, 2.75) is 13.5 Å². The van der Waals surface area contributed by atoms with Crippen LogP contribution < -0.4 is 14.3 Å². The first-order chi connectivity index (χ1) is 10.1. The van der Waals surface area contributed by atoms with Crippen LogP contribution >= 0.6 is 11.3 Å². The third-order valence-corrected chi connectivity index (χ3v) is 4.01. The fraction of sp³-hybridized carbons (Fsp3) is 0.286. The molecule has 0 bridgehead atoms. The first kappa shape index (κ1) is 13.7. The van der Waals surface area contributed by atoms with Gasteiger partial charge in [0.1, 0.15) is 6.61 Å². The topological polar surface area (TPSA) is 66.8 Å². The predicted molar refractivity (Wildman–Crippen MR) is 76.2 cm³/mol. The minimum Gasteiger partial charge on any atom is -0.460 e. The number of benzene rings is 1. The van der Waals surface area contributed by atoms with Crippen LogP contribution in [0.4, 0.5) is 0 Å². The number of carbonyl (C=O) groups excluding carboxylic acids is 1. The molecule has 0 unspecified atom stereocenters. The predicted octanol–water partition coefficient (Wildman–Crippen LogP) is 1.80. The lowest BCUT2D eigenvalue weighted by atomic mass is 10.2. The number of esters is 1. The first-order valence-electron chi connectivity index (χ1n) is 6.37. The molecule has 0 amide bonds. The monoisotopic (exact) mass is 307 g/mol. The Morgan fingerprint density at radius 2 is 2.19 bits per heavy atom. The Kier molecular flexibility index (Phi) is 3.66. The van der Waals surface area contributed by atoms with Gasteiger partial charge >= 0.3 is 10.8 Å². The lowest BCUT2D eigenvalue weighted by Gasteiger charge is -2.07. The molecule has 7 heteroatoms. The van der Waals surface area contributed by atoms with Crippen LogP contribution in [-0.4, -0.2) is 23.9 Å². The van der Waals surface area contributed by atoms with Crippen molar-refractivity contribution in [3.8, 4) is 11.5 Å². The Bertz CT molecular complexity index is 733. The van der Waals surface area contributed by atoms with E-state index >= 15 is 0 Å². The second-order valence-corrected chi connectivity index (χ2v) is 5.32. The number of hydrogen-bond acceptors (Lipinski definition) is 6. The van der Waals surface area contributed by atoms with Gasteiger partial charge in [-0.15, -0.1) is 0 Å². The Morgan fingerprint density at radius 1 is 1.38 bits per heavy atom. The SMILES string of the molecule is Cc1csc(=O)n1CCOC(=O)c1ccc2c(c1)OCO2. The van der Waals surface area contributed by atoms with E-state index in [1.54, 1.807) is 28.1 Å². The highest BCUT2D eigenvalue weighted by Gasteiger charge is 2.17. The number of rotatable bonds is 4. The molecular formula is C14H13NO5S. The van der Waals surface area contributed by atoms with E-state index in [1.807, 2.05) is 6.92 Å². The molecule has 0 fully saturated rings. The van der Waals surface area contributed by atoms with Crippen molar-refractivity contribution in [3.05, 3.63) is 44.5 Å². The summed E-state index contributed by atoms with van der Waals surface area (Å²) in [5.41, 5.74) is 1.26. The molecule has 110 valence electrons. The molecular weight excluding hydrogens is 294 g/mol. The van der Waals surface area contributed by atoms with E-state index in [0.29, 0.717) is 23.6 Å². The fourth-order valence-electron chi connectivity index (χ4n) is 2.01. The number of ether oxygens (including phenoxy) is 3. The number of hydrogen-bond donors (Lipinski definition) is 0. The molecule has 6 nitrogen and oxygen atoms in total. The highest BCUT2D eigenvalue weighted by molar-refractivity contribution is 7.07. The molecule has 0 radical (unpaired) electrons. The van der Waals surface area contributed by atoms with Crippen LogP contribution in [0.25, 0.3) is 0 Å². The highest BCUT2D eigenvalue weighted by atomic mass is 32.1. The fourth-order valence-corrected chi connectivity index (χ4v) is 2.77. The summed E-state index contributed by atoms with van der Waals surface area (Å²) in [5.74, 6) is 0.704. The van der Waals surface area contributed by atoms with Crippen LogP contribution in [-0.2, 0) is 11.3 Å².